The zero-order chi connectivity index (χ0) is 24.4. The number of rotatable bonds is 9. The summed E-state index contributed by atoms with van der Waals surface area (Å²) in [5.74, 6) is -0.132. The summed E-state index contributed by atoms with van der Waals surface area (Å²) in [6.07, 6.45) is 0.680. The summed E-state index contributed by atoms with van der Waals surface area (Å²) in [5, 5.41) is 24.1. The van der Waals surface area contributed by atoms with Crippen molar-refractivity contribution in [1.82, 2.24) is 5.16 Å². The van der Waals surface area contributed by atoms with Gasteiger partial charge in [-0.3, -0.25) is 4.79 Å². The van der Waals surface area contributed by atoms with Crippen molar-refractivity contribution in [2.24, 2.45) is 0 Å². The Bertz CT molecular complexity index is 1310. The molecule has 3 aromatic carbocycles. The molecule has 1 aliphatic rings. The standard InChI is InChI=1S/C29H27NO5/c1-19-25(17-26(31)34-18-20-5-3-2-4-6-20)27(35-30-19)23-9-7-21(8-10-23)22-11-13-24(14-12-22)29(15-16-29)28(32)33/h2-14,26,31H,15-18H2,1H3,(H,32,33). The third-order valence-corrected chi connectivity index (χ3v) is 6.73. The largest absolute Gasteiger partial charge is 0.481 e. The van der Waals surface area contributed by atoms with E-state index in [1.165, 1.54) is 0 Å². The Kier molecular flexibility index (Phi) is 6.24. The second-order valence-corrected chi connectivity index (χ2v) is 9.07. The van der Waals surface area contributed by atoms with Crippen LogP contribution in [0.5, 0.6) is 0 Å². The molecule has 0 spiro atoms. The second-order valence-electron chi connectivity index (χ2n) is 9.07. The van der Waals surface area contributed by atoms with Crippen LogP contribution in [-0.2, 0) is 28.0 Å². The third-order valence-electron chi connectivity index (χ3n) is 6.73. The molecule has 2 N–H and O–H groups in total. The molecule has 0 bridgehead atoms. The highest BCUT2D eigenvalue weighted by molar-refractivity contribution is 5.85. The molecule has 0 radical (unpaired) electrons. The Morgan fingerprint density at radius 3 is 2.17 bits per heavy atom. The van der Waals surface area contributed by atoms with Gasteiger partial charge in [-0.25, -0.2) is 0 Å². The average Bonchev–Trinajstić information content (AvgIpc) is 3.63. The van der Waals surface area contributed by atoms with Gasteiger partial charge in [0.05, 0.1) is 17.7 Å². The van der Waals surface area contributed by atoms with Gasteiger partial charge < -0.3 is 19.5 Å². The summed E-state index contributed by atoms with van der Waals surface area (Å²) < 4.78 is 11.2. The summed E-state index contributed by atoms with van der Waals surface area (Å²) in [6, 6.07) is 25.4. The van der Waals surface area contributed by atoms with Gasteiger partial charge in [-0.15, -0.1) is 0 Å². The number of hydrogen-bond acceptors (Lipinski definition) is 5. The summed E-state index contributed by atoms with van der Waals surface area (Å²) >= 11 is 0. The van der Waals surface area contributed by atoms with E-state index in [0.29, 0.717) is 25.2 Å². The molecule has 1 unspecified atom stereocenters. The maximum Gasteiger partial charge on any atom is 0.314 e. The number of aryl methyl sites for hydroxylation is 1. The van der Waals surface area contributed by atoms with Crippen LogP contribution in [0.2, 0.25) is 0 Å². The van der Waals surface area contributed by atoms with Gasteiger partial charge in [0.2, 0.25) is 0 Å². The minimum absolute atomic E-state index is 0.270. The molecule has 35 heavy (non-hydrogen) atoms. The van der Waals surface area contributed by atoms with Gasteiger partial charge in [0.15, 0.2) is 12.1 Å². The summed E-state index contributed by atoms with van der Waals surface area (Å²) in [4.78, 5) is 11.6. The van der Waals surface area contributed by atoms with Crippen molar-refractivity contribution in [2.45, 2.75) is 44.5 Å². The Balaban J connectivity index is 1.29. The Morgan fingerprint density at radius 2 is 1.57 bits per heavy atom. The highest BCUT2D eigenvalue weighted by Gasteiger charge is 2.51. The number of ether oxygens (including phenoxy) is 1. The van der Waals surface area contributed by atoms with E-state index >= 15 is 0 Å². The van der Waals surface area contributed by atoms with Gasteiger partial charge in [-0.1, -0.05) is 84.0 Å². The zero-order valence-corrected chi connectivity index (χ0v) is 19.5. The van der Waals surface area contributed by atoms with E-state index in [-0.39, 0.29) is 6.42 Å². The quantitative estimate of drug-likeness (QED) is 0.314. The van der Waals surface area contributed by atoms with Crippen molar-refractivity contribution < 1.29 is 24.3 Å². The second kappa shape index (κ2) is 9.49. The lowest BCUT2D eigenvalue weighted by Crippen LogP contribution is -2.19. The molecule has 1 fully saturated rings. The Hall–Kier alpha value is -3.74. The van der Waals surface area contributed by atoms with Crippen LogP contribution >= 0.6 is 0 Å². The average molecular weight is 470 g/mol. The molecule has 1 heterocycles. The van der Waals surface area contributed by atoms with Gasteiger partial charge in [0.25, 0.3) is 0 Å². The fourth-order valence-electron chi connectivity index (χ4n) is 4.40. The van der Waals surface area contributed by atoms with E-state index in [0.717, 1.165) is 39.1 Å². The van der Waals surface area contributed by atoms with E-state index in [1.807, 2.05) is 85.8 Å². The lowest BCUT2D eigenvalue weighted by Gasteiger charge is -2.13. The number of carboxylic acid groups (broad SMARTS) is 1. The molecule has 1 saturated carbocycles. The van der Waals surface area contributed by atoms with E-state index in [1.54, 1.807) is 0 Å². The summed E-state index contributed by atoms with van der Waals surface area (Å²) in [6.45, 7) is 2.18. The lowest BCUT2D eigenvalue weighted by atomic mass is 9.93. The van der Waals surface area contributed by atoms with Gasteiger partial charge >= 0.3 is 5.97 Å². The molecule has 1 aliphatic carbocycles. The third kappa shape index (κ3) is 4.76. The predicted molar refractivity (Wildman–Crippen MR) is 132 cm³/mol. The molecule has 4 aromatic rings. The molecule has 178 valence electrons. The van der Waals surface area contributed by atoms with E-state index in [2.05, 4.69) is 5.16 Å². The first-order valence-corrected chi connectivity index (χ1v) is 11.7. The van der Waals surface area contributed by atoms with Crippen LogP contribution in [-0.4, -0.2) is 27.6 Å². The maximum atomic E-state index is 11.6. The fourth-order valence-corrected chi connectivity index (χ4v) is 4.40. The normalized spacial score (nSPS) is 15.0. The summed E-state index contributed by atoms with van der Waals surface area (Å²) in [7, 11) is 0. The first-order chi connectivity index (χ1) is 17.0. The van der Waals surface area contributed by atoms with Gasteiger partial charge in [0.1, 0.15) is 0 Å². The molecular weight excluding hydrogens is 442 g/mol. The van der Waals surface area contributed by atoms with Gasteiger partial charge in [-0.2, -0.15) is 0 Å². The van der Waals surface area contributed by atoms with E-state index in [9.17, 15) is 15.0 Å². The number of nitrogens with zero attached hydrogens (tertiary/aromatic N) is 1. The SMILES string of the molecule is Cc1noc(-c2ccc(-c3ccc(C4(C(=O)O)CC4)cc3)cc2)c1CC(O)OCc1ccccc1. The monoisotopic (exact) mass is 469 g/mol. The predicted octanol–water partition coefficient (Wildman–Crippen LogP) is 5.51. The molecular formula is C29H27NO5. The van der Waals surface area contributed by atoms with Gasteiger partial charge in [-0.05, 0) is 42.0 Å². The molecule has 1 atom stereocenters. The number of hydrogen-bond donors (Lipinski definition) is 2. The van der Waals surface area contributed by atoms with Gasteiger partial charge in [0, 0.05) is 17.5 Å². The van der Waals surface area contributed by atoms with Crippen LogP contribution in [0.1, 0.15) is 35.2 Å². The minimum Gasteiger partial charge on any atom is -0.481 e. The minimum atomic E-state index is -0.981. The lowest BCUT2D eigenvalue weighted by molar-refractivity contribution is -0.140. The van der Waals surface area contributed by atoms with Crippen molar-refractivity contribution in [2.75, 3.05) is 0 Å². The molecule has 0 amide bonds. The molecule has 5 rings (SSSR count). The number of benzene rings is 3. The number of carbonyl (C=O) groups is 1. The summed E-state index contributed by atoms with van der Waals surface area (Å²) in [5.41, 5.74) is 5.58. The van der Waals surface area contributed by atoms with Crippen LogP contribution in [0.4, 0.5) is 0 Å². The van der Waals surface area contributed by atoms with Crippen LogP contribution in [0, 0.1) is 6.92 Å². The Labute approximate surface area is 203 Å². The number of aliphatic hydroxyl groups is 1. The zero-order valence-electron chi connectivity index (χ0n) is 19.5. The molecule has 0 aliphatic heterocycles. The molecule has 6 heteroatoms. The van der Waals surface area contributed by atoms with Crippen LogP contribution in [0.25, 0.3) is 22.5 Å². The Morgan fingerprint density at radius 1 is 0.971 bits per heavy atom. The molecule has 1 aromatic heterocycles. The number of aromatic nitrogens is 1. The highest BCUT2D eigenvalue weighted by Crippen LogP contribution is 2.48. The molecule has 6 nitrogen and oxygen atoms in total. The van der Waals surface area contributed by atoms with E-state index in [4.69, 9.17) is 9.26 Å². The first-order valence-electron chi connectivity index (χ1n) is 11.7. The van der Waals surface area contributed by atoms with Crippen molar-refractivity contribution in [3.05, 3.63) is 101 Å². The molecule has 0 saturated heterocycles. The van der Waals surface area contributed by atoms with Crippen molar-refractivity contribution in [3.8, 4) is 22.5 Å². The number of aliphatic hydroxyl groups excluding tert-OH is 1. The topological polar surface area (TPSA) is 92.8 Å². The first kappa shape index (κ1) is 23.0. The van der Waals surface area contributed by atoms with Crippen LogP contribution in [0.15, 0.2) is 83.4 Å². The van der Waals surface area contributed by atoms with Crippen molar-refractivity contribution in [3.63, 3.8) is 0 Å². The number of aliphatic carboxylic acids is 1. The van der Waals surface area contributed by atoms with Crippen molar-refractivity contribution >= 4 is 5.97 Å². The number of carboxylic acids is 1. The van der Waals surface area contributed by atoms with Crippen LogP contribution in [0.3, 0.4) is 0 Å². The van der Waals surface area contributed by atoms with E-state index < -0.39 is 17.7 Å². The van der Waals surface area contributed by atoms with Crippen molar-refractivity contribution in [1.29, 1.82) is 0 Å². The highest BCUT2D eigenvalue weighted by atomic mass is 16.6. The smallest absolute Gasteiger partial charge is 0.314 e. The maximum absolute atomic E-state index is 11.6. The fraction of sp³-hybridized carbons (Fsp3) is 0.241. The van der Waals surface area contributed by atoms with Crippen LogP contribution < -0.4 is 0 Å².